The summed E-state index contributed by atoms with van der Waals surface area (Å²) in [7, 11) is 0. The zero-order chi connectivity index (χ0) is 17.0. The Morgan fingerprint density at radius 3 is 2.87 bits per heavy atom. The summed E-state index contributed by atoms with van der Waals surface area (Å²) < 4.78 is 11.3. The molecule has 0 bridgehead atoms. The number of pyridine rings is 1. The van der Waals surface area contributed by atoms with Crippen LogP contribution in [0, 0.1) is 5.92 Å². The Morgan fingerprint density at radius 1 is 1.57 bits per heavy atom. The molecule has 2 rings (SSSR count). The molecule has 0 spiro atoms. The van der Waals surface area contributed by atoms with Gasteiger partial charge in [-0.15, -0.1) is 0 Å². The van der Waals surface area contributed by atoms with Gasteiger partial charge >= 0.3 is 5.97 Å². The highest BCUT2D eigenvalue weighted by Crippen LogP contribution is 2.25. The molecule has 6 nitrogen and oxygen atoms in total. The van der Waals surface area contributed by atoms with E-state index in [0.29, 0.717) is 17.9 Å². The molecule has 0 amide bonds. The van der Waals surface area contributed by atoms with Gasteiger partial charge in [0.25, 0.3) is 0 Å². The minimum atomic E-state index is -0.723. The van der Waals surface area contributed by atoms with Gasteiger partial charge in [0.2, 0.25) is 0 Å². The third-order valence-corrected chi connectivity index (χ3v) is 3.83. The monoisotopic (exact) mass is 342 g/mol. The van der Waals surface area contributed by atoms with Gasteiger partial charge < -0.3 is 19.9 Å². The van der Waals surface area contributed by atoms with Crippen molar-refractivity contribution in [3.05, 3.63) is 23.0 Å². The standard InChI is InChI=1S/C16H23ClN2O4/c1-16(2,3)23-15(21)13(10-4-5-18-7-10)22-12-6-11(9-20)14(17)19-8-12/h6,8,10,13,18,20H,4-5,7,9H2,1-3H3/t10-,13?/m0/s1. The molecule has 23 heavy (non-hydrogen) atoms. The largest absolute Gasteiger partial charge is 0.477 e. The molecule has 0 radical (unpaired) electrons. The zero-order valence-electron chi connectivity index (χ0n) is 13.6. The van der Waals surface area contributed by atoms with Crippen LogP contribution in [0.15, 0.2) is 12.3 Å². The smallest absolute Gasteiger partial charge is 0.348 e. The van der Waals surface area contributed by atoms with Crippen LogP contribution in [0.2, 0.25) is 5.15 Å². The average Bonchev–Trinajstić information content (AvgIpc) is 2.98. The first-order chi connectivity index (χ1) is 10.8. The number of aliphatic hydroxyl groups is 1. The first kappa shape index (κ1) is 18.0. The molecule has 7 heteroatoms. The van der Waals surface area contributed by atoms with Gasteiger partial charge in [-0.3, -0.25) is 0 Å². The lowest BCUT2D eigenvalue weighted by Gasteiger charge is -2.27. The number of hydrogen-bond donors (Lipinski definition) is 2. The summed E-state index contributed by atoms with van der Waals surface area (Å²) in [4.78, 5) is 16.5. The highest BCUT2D eigenvalue weighted by molar-refractivity contribution is 6.30. The number of carbonyl (C=O) groups is 1. The van der Waals surface area contributed by atoms with E-state index < -0.39 is 17.7 Å². The molecule has 2 atom stereocenters. The molecule has 0 saturated carbocycles. The molecule has 2 N–H and O–H groups in total. The van der Waals surface area contributed by atoms with Crippen LogP contribution in [0.25, 0.3) is 0 Å². The maximum atomic E-state index is 12.5. The number of ether oxygens (including phenoxy) is 2. The van der Waals surface area contributed by atoms with Crippen LogP contribution >= 0.6 is 11.6 Å². The van der Waals surface area contributed by atoms with E-state index in [1.165, 1.54) is 6.20 Å². The number of aliphatic hydroxyl groups excluding tert-OH is 1. The van der Waals surface area contributed by atoms with Crippen LogP contribution in [-0.4, -0.2) is 40.9 Å². The molecular formula is C16H23ClN2O4. The van der Waals surface area contributed by atoms with Gasteiger partial charge in [-0.25, -0.2) is 9.78 Å². The third-order valence-electron chi connectivity index (χ3n) is 3.49. The average molecular weight is 343 g/mol. The molecule has 1 aliphatic rings. The van der Waals surface area contributed by atoms with Crippen molar-refractivity contribution in [3.63, 3.8) is 0 Å². The Hall–Kier alpha value is -1.37. The highest BCUT2D eigenvalue weighted by Gasteiger charge is 2.36. The van der Waals surface area contributed by atoms with E-state index in [9.17, 15) is 9.90 Å². The second-order valence-corrected chi connectivity index (χ2v) is 6.96. The lowest BCUT2D eigenvalue weighted by atomic mass is 10.0. The Kier molecular flexibility index (Phi) is 5.84. The van der Waals surface area contributed by atoms with Crippen molar-refractivity contribution >= 4 is 17.6 Å². The summed E-state index contributed by atoms with van der Waals surface area (Å²) in [5.74, 6) is 0.0195. The first-order valence-corrected chi connectivity index (χ1v) is 8.03. The second-order valence-electron chi connectivity index (χ2n) is 6.60. The van der Waals surface area contributed by atoms with Crippen molar-refractivity contribution in [2.24, 2.45) is 5.92 Å². The van der Waals surface area contributed by atoms with Crippen LogP contribution in [0.1, 0.15) is 32.8 Å². The molecule has 1 saturated heterocycles. The zero-order valence-corrected chi connectivity index (χ0v) is 14.4. The molecule has 0 aromatic carbocycles. The van der Waals surface area contributed by atoms with E-state index in [0.717, 1.165) is 13.0 Å². The van der Waals surface area contributed by atoms with Gasteiger partial charge in [-0.2, -0.15) is 0 Å². The van der Waals surface area contributed by atoms with Crippen molar-refractivity contribution in [1.82, 2.24) is 10.3 Å². The maximum Gasteiger partial charge on any atom is 0.348 e. The van der Waals surface area contributed by atoms with Crippen LogP contribution in [0.5, 0.6) is 5.75 Å². The predicted molar refractivity (Wildman–Crippen MR) is 86.4 cm³/mol. The summed E-state index contributed by atoms with van der Waals surface area (Å²) in [6, 6.07) is 1.59. The molecule has 1 fully saturated rings. The fourth-order valence-electron chi connectivity index (χ4n) is 2.43. The molecule has 0 aliphatic carbocycles. The van der Waals surface area contributed by atoms with Gasteiger partial charge in [0.15, 0.2) is 6.10 Å². The van der Waals surface area contributed by atoms with E-state index in [4.69, 9.17) is 21.1 Å². The fourth-order valence-corrected chi connectivity index (χ4v) is 2.59. The number of esters is 1. The van der Waals surface area contributed by atoms with Crippen LogP contribution < -0.4 is 10.1 Å². The first-order valence-electron chi connectivity index (χ1n) is 7.65. The second kappa shape index (κ2) is 7.47. The van der Waals surface area contributed by atoms with Crippen LogP contribution in [0.3, 0.4) is 0 Å². The Labute approximate surface area is 141 Å². The topological polar surface area (TPSA) is 80.7 Å². The van der Waals surface area contributed by atoms with Crippen molar-refractivity contribution in [1.29, 1.82) is 0 Å². The SMILES string of the molecule is CC(C)(C)OC(=O)C(Oc1cnc(Cl)c(CO)c1)[C@H]1CCNC1. The maximum absolute atomic E-state index is 12.5. The van der Waals surface area contributed by atoms with Gasteiger partial charge in [0, 0.05) is 18.0 Å². The minimum absolute atomic E-state index is 0.0260. The summed E-state index contributed by atoms with van der Waals surface area (Å²) in [5.41, 5.74) is -0.129. The number of hydrogen-bond acceptors (Lipinski definition) is 6. The molecule has 128 valence electrons. The molecule has 1 aromatic rings. The summed E-state index contributed by atoms with van der Waals surface area (Å²) in [5, 5.41) is 12.7. The number of aromatic nitrogens is 1. The van der Waals surface area contributed by atoms with E-state index in [-0.39, 0.29) is 17.7 Å². The van der Waals surface area contributed by atoms with Gasteiger partial charge in [-0.05, 0) is 39.8 Å². The molecular weight excluding hydrogens is 320 g/mol. The lowest BCUT2D eigenvalue weighted by Crippen LogP contribution is -2.41. The number of nitrogens with zero attached hydrogens (tertiary/aromatic N) is 1. The van der Waals surface area contributed by atoms with Crippen LogP contribution in [0.4, 0.5) is 0 Å². The van der Waals surface area contributed by atoms with E-state index in [1.54, 1.807) is 6.07 Å². The Balaban J connectivity index is 2.18. The number of nitrogens with one attached hydrogen (secondary N) is 1. The Bertz CT molecular complexity index is 554. The van der Waals surface area contributed by atoms with Gasteiger partial charge in [0.1, 0.15) is 16.5 Å². The number of halogens is 1. The molecule has 2 heterocycles. The van der Waals surface area contributed by atoms with Crippen molar-refractivity contribution < 1.29 is 19.4 Å². The van der Waals surface area contributed by atoms with E-state index in [2.05, 4.69) is 10.3 Å². The minimum Gasteiger partial charge on any atom is -0.477 e. The highest BCUT2D eigenvalue weighted by atomic mass is 35.5. The molecule has 1 aromatic heterocycles. The summed E-state index contributed by atoms with van der Waals surface area (Å²) >= 11 is 5.88. The van der Waals surface area contributed by atoms with Gasteiger partial charge in [-0.1, -0.05) is 11.6 Å². The quantitative estimate of drug-likeness (QED) is 0.628. The normalized spacial score (nSPS) is 19.4. The van der Waals surface area contributed by atoms with E-state index in [1.807, 2.05) is 20.8 Å². The lowest BCUT2D eigenvalue weighted by molar-refractivity contribution is -0.165. The number of rotatable bonds is 5. The van der Waals surface area contributed by atoms with Crippen LogP contribution in [-0.2, 0) is 16.1 Å². The predicted octanol–water partition coefficient (Wildman–Crippen LogP) is 1.93. The van der Waals surface area contributed by atoms with Crippen molar-refractivity contribution in [2.75, 3.05) is 13.1 Å². The van der Waals surface area contributed by atoms with Crippen molar-refractivity contribution in [3.8, 4) is 5.75 Å². The third kappa shape index (κ3) is 5.06. The van der Waals surface area contributed by atoms with Crippen molar-refractivity contribution in [2.45, 2.75) is 45.5 Å². The van der Waals surface area contributed by atoms with E-state index >= 15 is 0 Å². The summed E-state index contributed by atoms with van der Waals surface area (Å²) in [6.45, 7) is 6.75. The molecule has 1 unspecified atom stereocenters. The fraction of sp³-hybridized carbons (Fsp3) is 0.625. The van der Waals surface area contributed by atoms with Gasteiger partial charge in [0.05, 0.1) is 12.8 Å². The summed E-state index contributed by atoms with van der Waals surface area (Å²) in [6.07, 6.45) is 1.55. The molecule has 1 aliphatic heterocycles. The Morgan fingerprint density at radius 2 is 2.30 bits per heavy atom. The number of carbonyl (C=O) groups excluding carboxylic acids is 1.